The monoisotopic (exact) mass is 860 g/mol. The summed E-state index contributed by atoms with van der Waals surface area (Å²) >= 11 is 0. The molecule has 0 aromatic heterocycles. The van der Waals surface area contributed by atoms with E-state index in [1.807, 2.05) is 158 Å². The Balaban J connectivity index is 1.26. The molecule has 0 radical (unpaired) electrons. The molecule has 2 aliphatic rings. The Hall–Kier alpha value is -5.01. The van der Waals surface area contributed by atoms with Gasteiger partial charge >= 0.3 is 6.64 Å². The normalized spacial score (nSPS) is 21.4. The predicted octanol–water partition coefficient (Wildman–Crippen LogP) is 8.91. The van der Waals surface area contributed by atoms with Gasteiger partial charge in [-0.15, -0.1) is 9.12 Å². The fourth-order valence-corrected chi connectivity index (χ4v) is 7.17. The fourth-order valence-electron chi connectivity index (χ4n) is 7.00. The molecule has 7 atom stereocenters. The second kappa shape index (κ2) is 23.4. The molecule has 2 heterocycles. The summed E-state index contributed by atoms with van der Waals surface area (Å²) < 4.78 is 64.7. The fraction of sp³-hybridized carbons (Fsp3) is 0.306. The molecule has 7 rings (SSSR count). The van der Waals surface area contributed by atoms with E-state index in [-0.39, 0.29) is 56.9 Å². The van der Waals surface area contributed by atoms with E-state index in [9.17, 15) is 5.11 Å². The van der Waals surface area contributed by atoms with Crippen LogP contribution in [0.1, 0.15) is 27.8 Å². The van der Waals surface area contributed by atoms with Crippen molar-refractivity contribution in [1.29, 1.82) is 0 Å². The Morgan fingerprint density at radius 1 is 0.516 bits per heavy atom. The van der Waals surface area contributed by atoms with E-state index in [0.717, 1.165) is 27.8 Å². The Morgan fingerprint density at radius 3 is 1.37 bits per heavy atom. The van der Waals surface area contributed by atoms with Gasteiger partial charge in [0.25, 0.3) is 6.29 Å². The molecule has 0 aliphatic carbocycles. The Labute approximate surface area is 366 Å². The Morgan fingerprint density at radius 2 is 0.919 bits per heavy atom. The van der Waals surface area contributed by atoms with Crippen LogP contribution in [-0.2, 0) is 80.3 Å². The second-order valence-electron chi connectivity index (χ2n) is 14.9. The van der Waals surface area contributed by atoms with Crippen molar-refractivity contribution >= 4 is 15.8 Å². The van der Waals surface area contributed by atoms with Gasteiger partial charge in [0.2, 0.25) is 12.0 Å². The lowest BCUT2D eigenvalue weighted by atomic mass is 10.0. The molecule has 0 spiro atoms. The molecule has 0 bridgehead atoms. The quantitative estimate of drug-likeness (QED) is 0.0532. The first-order valence-electron chi connectivity index (χ1n) is 20.8. The van der Waals surface area contributed by atoms with Crippen molar-refractivity contribution in [2.45, 2.75) is 76.9 Å². The van der Waals surface area contributed by atoms with Gasteiger partial charge < -0.3 is 52.4 Å². The van der Waals surface area contributed by atoms with Crippen molar-refractivity contribution in [3.8, 4) is 0 Å². The van der Waals surface area contributed by atoms with Gasteiger partial charge in [-0.05, 0) is 27.8 Å². The maximum atomic E-state index is 12.1. The van der Waals surface area contributed by atoms with Crippen LogP contribution in [-0.4, -0.2) is 69.1 Å². The first-order valence-corrected chi connectivity index (χ1v) is 21.4. The van der Waals surface area contributed by atoms with Crippen LogP contribution in [0.25, 0.3) is 0 Å². The van der Waals surface area contributed by atoms with E-state index in [1.165, 1.54) is 7.11 Å². The maximum Gasteiger partial charge on any atom is 0.312 e. The van der Waals surface area contributed by atoms with Crippen LogP contribution in [0.15, 0.2) is 175 Å². The lowest BCUT2D eigenvalue weighted by Gasteiger charge is -2.41. The first kappa shape index (κ1) is 45.0. The van der Waals surface area contributed by atoms with Crippen LogP contribution < -0.4 is 0 Å². The van der Waals surface area contributed by atoms with Gasteiger partial charge in [0, 0.05) is 7.11 Å². The molecule has 3 unspecified atom stereocenters. The Bertz CT molecular complexity index is 2130. The SMILES string of the molecule is CO[C@@H]1OC(COCc2ccccc2)[C@@H](OB(C)P)C(O)=C1O[C@H]1OC(COCc2ccccc2)[C@@H](OCc2ccccc2)C(OCc2ccccc2)=C1OCc1ccccc1. The summed E-state index contributed by atoms with van der Waals surface area (Å²) in [6.45, 7) is 2.89. The number of benzene rings is 5. The summed E-state index contributed by atoms with van der Waals surface area (Å²) in [4.78, 5) is 0. The van der Waals surface area contributed by atoms with Gasteiger partial charge in [-0.3, -0.25) is 0 Å². The molecule has 0 saturated heterocycles. The average molecular weight is 861 g/mol. The van der Waals surface area contributed by atoms with Crippen molar-refractivity contribution in [3.63, 3.8) is 0 Å². The van der Waals surface area contributed by atoms with E-state index < -0.39 is 37.0 Å². The molecule has 0 amide bonds. The van der Waals surface area contributed by atoms with E-state index in [4.69, 9.17) is 47.3 Å². The molecule has 5 aromatic rings. The molecule has 0 saturated carbocycles. The minimum absolute atomic E-state index is 0.0525. The van der Waals surface area contributed by atoms with Crippen LogP contribution in [0.2, 0.25) is 6.82 Å². The van der Waals surface area contributed by atoms with E-state index >= 15 is 0 Å². The van der Waals surface area contributed by atoms with Crippen molar-refractivity contribution in [2.75, 3.05) is 20.3 Å². The van der Waals surface area contributed by atoms with E-state index in [0.29, 0.717) is 19.0 Å². The third kappa shape index (κ3) is 12.8. The van der Waals surface area contributed by atoms with E-state index in [1.54, 1.807) is 0 Å². The summed E-state index contributed by atoms with van der Waals surface area (Å²) in [6, 6.07) is 49.2. The van der Waals surface area contributed by atoms with Crippen LogP contribution in [0.4, 0.5) is 0 Å². The van der Waals surface area contributed by atoms with Crippen molar-refractivity contribution in [1.82, 2.24) is 0 Å². The van der Waals surface area contributed by atoms with Crippen molar-refractivity contribution in [2.24, 2.45) is 0 Å². The Kier molecular flexibility index (Phi) is 17.0. The zero-order valence-electron chi connectivity index (χ0n) is 35.0. The lowest BCUT2D eigenvalue weighted by Crippen LogP contribution is -2.50. The van der Waals surface area contributed by atoms with E-state index in [2.05, 4.69) is 9.12 Å². The second-order valence-corrected chi connectivity index (χ2v) is 15.8. The number of rotatable bonds is 22. The summed E-state index contributed by atoms with van der Waals surface area (Å²) in [5.74, 6) is 0.281. The van der Waals surface area contributed by atoms with Crippen LogP contribution >= 0.6 is 9.12 Å². The number of hydrogen-bond donors (Lipinski definition) is 1. The maximum absolute atomic E-state index is 12.1. The lowest BCUT2D eigenvalue weighted by molar-refractivity contribution is -0.253. The number of aliphatic hydroxyl groups excluding tert-OH is 1. The standard InChI is InChI=1S/C49H54BO11P/c1-50(62)61-43-40(33-53-28-35-18-8-3-9-19-35)58-48(52-2)45(42(43)51)60-49-47(57-32-39-26-16-7-17-27-39)46(56-31-38-24-14-6-15-25-38)44(55-30-37-22-12-5-13-23-37)41(59-49)34-54-29-36-20-10-4-11-21-36/h3-27,40-41,43-44,48-49,51H,28-34,62H2,1-2H3/t40?,41?,43-,44-,48-,49-/m1/s1. The zero-order chi connectivity index (χ0) is 42.9. The zero-order valence-corrected chi connectivity index (χ0v) is 36.2. The van der Waals surface area contributed by atoms with Crippen LogP contribution in [0.5, 0.6) is 0 Å². The number of ether oxygens (including phenoxy) is 9. The number of aliphatic hydroxyl groups is 1. The van der Waals surface area contributed by atoms with Gasteiger partial charge in [0.15, 0.2) is 17.3 Å². The van der Waals surface area contributed by atoms with Gasteiger partial charge in [-0.25, -0.2) is 0 Å². The highest BCUT2D eigenvalue weighted by Crippen LogP contribution is 2.38. The third-order valence-corrected chi connectivity index (χ3v) is 10.2. The molecule has 324 valence electrons. The molecule has 1 N–H and O–H groups in total. The molecule has 0 fully saturated rings. The van der Waals surface area contributed by atoms with Crippen LogP contribution in [0.3, 0.4) is 0 Å². The summed E-state index contributed by atoms with van der Waals surface area (Å²) in [5, 5.41) is 12.1. The molecule has 2 aliphatic heterocycles. The minimum atomic E-state index is -1.30. The third-order valence-electron chi connectivity index (χ3n) is 10.1. The topological polar surface area (TPSA) is 113 Å². The van der Waals surface area contributed by atoms with Gasteiger partial charge in [-0.1, -0.05) is 158 Å². The highest BCUT2D eigenvalue weighted by molar-refractivity contribution is 7.60. The smallest absolute Gasteiger partial charge is 0.312 e. The number of hydrogen-bond acceptors (Lipinski definition) is 11. The summed E-state index contributed by atoms with van der Waals surface area (Å²) in [6.07, 6.45) is -5.81. The minimum Gasteiger partial charge on any atom is -0.506 e. The van der Waals surface area contributed by atoms with Gasteiger partial charge in [0.05, 0.1) is 33.0 Å². The summed E-state index contributed by atoms with van der Waals surface area (Å²) in [5.41, 5.74) is 4.77. The molecular formula is C49H54BO11P. The van der Waals surface area contributed by atoms with Crippen molar-refractivity contribution in [3.05, 3.63) is 203 Å². The largest absolute Gasteiger partial charge is 0.506 e. The van der Waals surface area contributed by atoms with Crippen molar-refractivity contribution < 1.29 is 52.4 Å². The average Bonchev–Trinajstić information content (AvgIpc) is 3.31. The predicted molar refractivity (Wildman–Crippen MR) is 238 cm³/mol. The molecule has 13 heteroatoms. The molecule has 5 aromatic carbocycles. The van der Waals surface area contributed by atoms with Crippen LogP contribution in [0, 0.1) is 0 Å². The molecular weight excluding hydrogens is 806 g/mol. The first-order chi connectivity index (χ1) is 30.4. The molecule has 62 heavy (non-hydrogen) atoms. The van der Waals surface area contributed by atoms with Gasteiger partial charge in [0.1, 0.15) is 37.6 Å². The van der Waals surface area contributed by atoms with Gasteiger partial charge in [-0.2, -0.15) is 0 Å². The number of methoxy groups -OCH3 is 1. The highest BCUT2D eigenvalue weighted by atomic mass is 31.0. The highest BCUT2D eigenvalue weighted by Gasteiger charge is 2.47. The molecule has 11 nitrogen and oxygen atoms in total. The summed E-state index contributed by atoms with van der Waals surface area (Å²) in [7, 11) is 4.06.